The standard InChI is InChI=1S/C13H16N2S/c1-9(10-6-7-10)8-14-13-15-11-4-2-3-5-12(11)16-13/h2-5,9-10H,6-8H2,1H3,(H,14,15). The Morgan fingerprint density at radius 1 is 1.44 bits per heavy atom. The average molecular weight is 232 g/mol. The lowest BCUT2D eigenvalue weighted by atomic mass is 10.1. The molecule has 1 heterocycles. The summed E-state index contributed by atoms with van der Waals surface area (Å²) < 4.78 is 1.27. The number of nitrogens with one attached hydrogen (secondary N) is 1. The second-order valence-corrected chi connectivity index (χ2v) is 5.71. The maximum Gasteiger partial charge on any atom is 0.183 e. The minimum atomic E-state index is 0.784. The van der Waals surface area contributed by atoms with Crippen molar-refractivity contribution in [2.75, 3.05) is 11.9 Å². The first-order valence-electron chi connectivity index (χ1n) is 5.92. The van der Waals surface area contributed by atoms with Gasteiger partial charge in [-0.3, -0.25) is 0 Å². The Morgan fingerprint density at radius 2 is 2.25 bits per heavy atom. The normalized spacial score (nSPS) is 17.6. The number of hydrogen-bond acceptors (Lipinski definition) is 3. The van der Waals surface area contributed by atoms with Crippen LogP contribution in [-0.4, -0.2) is 11.5 Å². The number of thiazole rings is 1. The molecule has 2 aromatic rings. The van der Waals surface area contributed by atoms with E-state index < -0.39 is 0 Å². The third-order valence-corrected chi connectivity index (χ3v) is 4.29. The number of benzene rings is 1. The van der Waals surface area contributed by atoms with Crippen LogP contribution in [0.3, 0.4) is 0 Å². The zero-order chi connectivity index (χ0) is 11.0. The van der Waals surface area contributed by atoms with Crippen molar-refractivity contribution in [2.45, 2.75) is 19.8 Å². The number of fused-ring (bicyclic) bond motifs is 1. The SMILES string of the molecule is CC(CNc1nc2ccccc2s1)C1CC1. The van der Waals surface area contributed by atoms with E-state index in [-0.39, 0.29) is 0 Å². The molecule has 0 radical (unpaired) electrons. The minimum Gasteiger partial charge on any atom is -0.361 e. The molecule has 1 aromatic heterocycles. The third kappa shape index (κ3) is 2.05. The number of nitrogens with zero attached hydrogens (tertiary/aromatic N) is 1. The number of hydrogen-bond donors (Lipinski definition) is 1. The summed E-state index contributed by atoms with van der Waals surface area (Å²) in [6, 6.07) is 8.31. The van der Waals surface area contributed by atoms with Crippen molar-refractivity contribution in [1.29, 1.82) is 0 Å². The molecule has 1 saturated carbocycles. The molecule has 1 aliphatic rings. The monoisotopic (exact) mass is 232 g/mol. The van der Waals surface area contributed by atoms with Crippen LogP contribution in [-0.2, 0) is 0 Å². The summed E-state index contributed by atoms with van der Waals surface area (Å²) in [7, 11) is 0. The molecule has 0 saturated heterocycles. The Kier molecular flexibility index (Phi) is 2.56. The fourth-order valence-corrected chi connectivity index (χ4v) is 2.90. The lowest BCUT2D eigenvalue weighted by Crippen LogP contribution is -2.12. The number of rotatable bonds is 4. The van der Waals surface area contributed by atoms with Crippen molar-refractivity contribution >= 4 is 26.7 Å². The van der Waals surface area contributed by atoms with Gasteiger partial charge in [-0.05, 0) is 36.8 Å². The Morgan fingerprint density at radius 3 is 3.00 bits per heavy atom. The highest BCUT2D eigenvalue weighted by Crippen LogP contribution is 2.36. The van der Waals surface area contributed by atoms with E-state index in [9.17, 15) is 0 Å². The van der Waals surface area contributed by atoms with Crippen LogP contribution >= 0.6 is 11.3 Å². The largest absolute Gasteiger partial charge is 0.361 e. The van der Waals surface area contributed by atoms with Gasteiger partial charge in [-0.15, -0.1) is 0 Å². The lowest BCUT2D eigenvalue weighted by Gasteiger charge is -2.09. The summed E-state index contributed by atoms with van der Waals surface area (Å²) in [6.07, 6.45) is 2.84. The minimum absolute atomic E-state index is 0.784. The first kappa shape index (κ1) is 10.1. The molecule has 0 amide bonds. The van der Waals surface area contributed by atoms with Crippen LogP contribution in [0.4, 0.5) is 5.13 Å². The molecule has 1 fully saturated rings. The summed E-state index contributed by atoms with van der Waals surface area (Å²) in [4.78, 5) is 4.57. The molecule has 1 N–H and O–H groups in total. The van der Waals surface area contributed by atoms with Gasteiger partial charge in [-0.25, -0.2) is 4.98 Å². The molecule has 0 spiro atoms. The predicted molar refractivity (Wildman–Crippen MR) is 70.0 cm³/mol. The van der Waals surface area contributed by atoms with Gasteiger partial charge in [-0.1, -0.05) is 30.4 Å². The van der Waals surface area contributed by atoms with Crippen LogP contribution in [0.15, 0.2) is 24.3 Å². The van der Waals surface area contributed by atoms with Crippen LogP contribution in [0.5, 0.6) is 0 Å². The van der Waals surface area contributed by atoms with Crippen molar-refractivity contribution in [1.82, 2.24) is 4.98 Å². The van der Waals surface area contributed by atoms with Gasteiger partial charge in [0.2, 0.25) is 0 Å². The summed E-state index contributed by atoms with van der Waals surface area (Å²) in [5.41, 5.74) is 1.11. The highest BCUT2D eigenvalue weighted by molar-refractivity contribution is 7.22. The fraction of sp³-hybridized carbons (Fsp3) is 0.462. The number of para-hydroxylation sites is 1. The van der Waals surface area contributed by atoms with Crippen LogP contribution in [0.1, 0.15) is 19.8 Å². The van der Waals surface area contributed by atoms with Crippen LogP contribution < -0.4 is 5.32 Å². The zero-order valence-corrected chi connectivity index (χ0v) is 10.3. The molecule has 2 nitrogen and oxygen atoms in total. The first-order chi connectivity index (χ1) is 7.83. The van der Waals surface area contributed by atoms with Gasteiger partial charge in [0.25, 0.3) is 0 Å². The van der Waals surface area contributed by atoms with Crippen molar-refractivity contribution in [3.8, 4) is 0 Å². The van der Waals surface area contributed by atoms with Gasteiger partial charge in [0.1, 0.15) is 0 Å². The van der Waals surface area contributed by atoms with Crippen LogP contribution in [0.25, 0.3) is 10.2 Å². The lowest BCUT2D eigenvalue weighted by molar-refractivity contribution is 0.536. The van der Waals surface area contributed by atoms with E-state index in [0.29, 0.717) is 0 Å². The molecule has 1 aliphatic carbocycles. The van der Waals surface area contributed by atoms with E-state index in [1.807, 2.05) is 6.07 Å². The van der Waals surface area contributed by atoms with E-state index in [1.165, 1.54) is 17.5 Å². The van der Waals surface area contributed by atoms with Crippen LogP contribution in [0.2, 0.25) is 0 Å². The predicted octanol–water partition coefficient (Wildman–Crippen LogP) is 3.75. The topological polar surface area (TPSA) is 24.9 Å². The van der Waals surface area contributed by atoms with Crippen molar-refractivity contribution in [2.24, 2.45) is 11.8 Å². The van der Waals surface area contributed by atoms with Gasteiger partial charge < -0.3 is 5.32 Å². The van der Waals surface area contributed by atoms with Gasteiger partial charge in [0.15, 0.2) is 5.13 Å². The number of anilines is 1. The molecular formula is C13H16N2S. The van der Waals surface area contributed by atoms with Gasteiger partial charge in [0.05, 0.1) is 10.2 Å². The van der Waals surface area contributed by atoms with E-state index in [0.717, 1.165) is 29.0 Å². The summed E-state index contributed by atoms with van der Waals surface area (Å²) in [5.74, 6) is 1.74. The van der Waals surface area contributed by atoms with E-state index in [1.54, 1.807) is 11.3 Å². The highest BCUT2D eigenvalue weighted by atomic mass is 32.1. The van der Waals surface area contributed by atoms with Gasteiger partial charge in [0, 0.05) is 6.54 Å². The zero-order valence-electron chi connectivity index (χ0n) is 9.44. The smallest absolute Gasteiger partial charge is 0.183 e. The van der Waals surface area contributed by atoms with Crippen molar-refractivity contribution in [3.05, 3.63) is 24.3 Å². The van der Waals surface area contributed by atoms with Crippen molar-refractivity contribution < 1.29 is 0 Å². The molecule has 0 aliphatic heterocycles. The second-order valence-electron chi connectivity index (χ2n) is 4.68. The van der Waals surface area contributed by atoms with Crippen LogP contribution in [0, 0.1) is 11.8 Å². The number of aromatic nitrogens is 1. The Labute approximate surface area is 99.7 Å². The molecule has 0 bridgehead atoms. The molecule has 3 rings (SSSR count). The summed E-state index contributed by atoms with van der Waals surface area (Å²) >= 11 is 1.75. The first-order valence-corrected chi connectivity index (χ1v) is 6.74. The summed E-state index contributed by atoms with van der Waals surface area (Å²) in [6.45, 7) is 3.39. The third-order valence-electron chi connectivity index (χ3n) is 3.30. The molecule has 1 atom stereocenters. The fourth-order valence-electron chi connectivity index (χ4n) is 2.03. The average Bonchev–Trinajstić information content (AvgIpc) is 3.06. The van der Waals surface area contributed by atoms with Gasteiger partial charge in [-0.2, -0.15) is 0 Å². The molecule has 3 heteroatoms. The molecular weight excluding hydrogens is 216 g/mol. The van der Waals surface area contributed by atoms with Crippen molar-refractivity contribution in [3.63, 3.8) is 0 Å². The molecule has 1 aromatic carbocycles. The highest BCUT2D eigenvalue weighted by Gasteiger charge is 2.27. The maximum atomic E-state index is 4.57. The van der Waals surface area contributed by atoms with Gasteiger partial charge >= 0.3 is 0 Å². The van der Waals surface area contributed by atoms with E-state index >= 15 is 0 Å². The second kappa shape index (κ2) is 4.06. The van der Waals surface area contributed by atoms with E-state index in [2.05, 4.69) is 35.4 Å². The Bertz CT molecular complexity index is 454. The Balaban J connectivity index is 1.69. The quantitative estimate of drug-likeness (QED) is 0.868. The van der Waals surface area contributed by atoms with E-state index in [4.69, 9.17) is 0 Å². The summed E-state index contributed by atoms with van der Waals surface area (Å²) in [5, 5.41) is 4.53. The molecule has 1 unspecified atom stereocenters. The maximum absolute atomic E-state index is 4.57. The molecule has 16 heavy (non-hydrogen) atoms. The molecule has 84 valence electrons. The Hall–Kier alpha value is -1.09.